The van der Waals surface area contributed by atoms with E-state index in [0.29, 0.717) is 0 Å². The van der Waals surface area contributed by atoms with Crippen molar-refractivity contribution in [2.75, 3.05) is 26.1 Å². The average molecular weight is 285 g/mol. The van der Waals surface area contributed by atoms with Gasteiger partial charge in [0.25, 0.3) is 0 Å². The van der Waals surface area contributed by atoms with E-state index in [2.05, 4.69) is 53.4 Å². The largest absolute Gasteiger partial charge is 0.497 e. The SMILES string of the molecule is CNC(C)c1ccc(N(C)Cc2cccc(OC)c2)cn1. The molecule has 21 heavy (non-hydrogen) atoms. The fourth-order valence-electron chi connectivity index (χ4n) is 2.16. The van der Waals surface area contributed by atoms with Gasteiger partial charge in [0.2, 0.25) is 0 Å². The molecular formula is C17H23N3O. The molecule has 4 nitrogen and oxygen atoms in total. The van der Waals surface area contributed by atoms with Gasteiger partial charge in [-0.3, -0.25) is 4.98 Å². The van der Waals surface area contributed by atoms with Crippen LogP contribution in [0, 0.1) is 0 Å². The number of aromatic nitrogens is 1. The standard InChI is InChI=1S/C17H23N3O/c1-13(18-2)17-9-8-15(11-19-17)20(3)12-14-6-5-7-16(10-14)21-4/h5-11,13,18H,12H2,1-4H3. The molecular weight excluding hydrogens is 262 g/mol. The molecule has 0 spiro atoms. The van der Waals surface area contributed by atoms with Crippen molar-refractivity contribution in [3.63, 3.8) is 0 Å². The molecule has 0 aliphatic heterocycles. The summed E-state index contributed by atoms with van der Waals surface area (Å²) in [6.45, 7) is 2.92. The molecule has 112 valence electrons. The lowest BCUT2D eigenvalue weighted by Crippen LogP contribution is -2.18. The van der Waals surface area contributed by atoms with E-state index in [1.165, 1.54) is 5.56 Å². The molecule has 0 aliphatic rings. The highest BCUT2D eigenvalue weighted by molar-refractivity contribution is 5.45. The summed E-state index contributed by atoms with van der Waals surface area (Å²) < 4.78 is 5.26. The lowest BCUT2D eigenvalue weighted by Gasteiger charge is -2.20. The predicted octanol–water partition coefficient (Wildman–Crippen LogP) is 3.01. The van der Waals surface area contributed by atoms with Gasteiger partial charge in [-0.1, -0.05) is 12.1 Å². The summed E-state index contributed by atoms with van der Waals surface area (Å²) >= 11 is 0. The molecule has 1 N–H and O–H groups in total. The minimum Gasteiger partial charge on any atom is -0.497 e. The number of rotatable bonds is 6. The Balaban J connectivity index is 2.07. The van der Waals surface area contributed by atoms with E-state index in [1.54, 1.807) is 7.11 Å². The monoisotopic (exact) mass is 285 g/mol. The fraction of sp³-hybridized carbons (Fsp3) is 0.353. The second-order valence-corrected chi connectivity index (χ2v) is 5.16. The number of nitrogens with zero attached hydrogens (tertiary/aromatic N) is 2. The van der Waals surface area contributed by atoms with E-state index < -0.39 is 0 Å². The quantitative estimate of drug-likeness (QED) is 0.885. The highest BCUT2D eigenvalue weighted by Crippen LogP contribution is 2.19. The van der Waals surface area contributed by atoms with Crippen molar-refractivity contribution in [1.82, 2.24) is 10.3 Å². The molecule has 0 saturated carbocycles. The van der Waals surface area contributed by atoms with E-state index in [4.69, 9.17) is 4.74 Å². The summed E-state index contributed by atoms with van der Waals surface area (Å²) in [5, 5.41) is 3.19. The minimum atomic E-state index is 0.266. The van der Waals surface area contributed by atoms with Crippen LogP contribution >= 0.6 is 0 Å². The number of pyridine rings is 1. The third-order valence-corrected chi connectivity index (χ3v) is 3.64. The molecule has 1 aromatic heterocycles. The van der Waals surface area contributed by atoms with E-state index in [9.17, 15) is 0 Å². The van der Waals surface area contributed by atoms with Crippen LogP contribution in [0.2, 0.25) is 0 Å². The first-order valence-corrected chi connectivity index (χ1v) is 7.11. The molecule has 0 saturated heterocycles. The Kier molecular flexibility index (Phi) is 5.17. The number of hydrogen-bond acceptors (Lipinski definition) is 4. The number of anilines is 1. The third kappa shape index (κ3) is 3.95. The van der Waals surface area contributed by atoms with Gasteiger partial charge in [0.05, 0.1) is 24.7 Å². The molecule has 1 heterocycles. The van der Waals surface area contributed by atoms with E-state index >= 15 is 0 Å². The first-order chi connectivity index (χ1) is 10.1. The molecule has 0 radical (unpaired) electrons. The van der Waals surface area contributed by atoms with Gasteiger partial charge in [0, 0.05) is 19.6 Å². The summed E-state index contributed by atoms with van der Waals surface area (Å²) in [7, 11) is 5.70. The lowest BCUT2D eigenvalue weighted by atomic mass is 10.2. The van der Waals surface area contributed by atoms with Crippen molar-refractivity contribution >= 4 is 5.69 Å². The van der Waals surface area contributed by atoms with Crippen molar-refractivity contribution in [3.8, 4) is 5.75 Å². The van der Waals surface area contributed by atoms with E-state index in [1.807, 2.05) is 25.4 Å². The zero-order valence-electron chi connectivity index (χ0n) is 13.1. The van der Waals surface area contributed by atoms with Crippen LogP contribution < -0.4 is 15.0 Å². The first kappa shape index (κ1) is 15.3. The summed E-state index contributed by atoms with van der Waals surface area (Å²) in [4.78, 5) is 6.69. The molecule has 2 aromatic rings. The molecule has 0 fully saturated rings. The van der Waals surface area contributed by atoms with Crippen LogP contribution in [0.3, 0.4) is 0 Å². The summed E-state index contributed by atoms with van der Waals surface area (Å²) in [6.07, 6.45) is 1.92. The van der Waals surface area contributed by atoms with Crippen LogP contribution in [0.5, 0.6) is 5.75 Å². The molecule has 1 aromatic carbocycles. The molecule has 1 unspecified atom stereocenters. The van der Waals surface area contributed by atoms with Gasteiger partial charge in [-0.05, 0) is 43.8 Å². The van der Waals surface area contributed by atoms with Crippen LogP contribution in [0.1, 0.15) is 24.2 Å². The Morgan fingerprint density at radius 2 is 2.10 bits per heavy atom. The first-order valence-electron chi connectivity index (χ1n) is 7.11. The number of hydrogen-bond donors (Lipinski definition) is 1. The number of nitrogens with one attached hydrogen (secondary N) is 1. The van der Waals surface area contributed by atoms with Crippen LogP contribution in [0.15, 0.2) is 42.6 Å². The maximum Gasteiger partial charge on any atom is 0.119 e. The Hall–Kier alpha value is -2.07. The Labute approximate surface area is 126 Å². The van der Waals surface area contributed by atoms with Crippen LogP contribution in [-0.2, 0) is 6.54 Å². The lowest BCUT2D eigenvalue weighted by molar-refractivity contribution is 0.414. The number of methoxy groups -OCH3 is 1. The van der Waals surface area contributed by atoms with Gasteiger partial charge >= 0.3 is 0 Å². The van der Waals surface area contributed by atoms with Crippen LogP contribution in [0.25, 0.3) is 0 Å². The van der Waals surface area contributed by atoms with Gasteiger partial charge < -0.3 is 15.0 Å². The Morgan fingerprint density at radius 1 is 1.29 bits per heavy atom. The van der Waals surface area contributed by atoms with E-state index in [0.717, 1.165) is 23.7 Å². The average Bonchev–Trinajstić information content (AvgIpc) is 2.54. The number of ether oxygens (including phenoxy) is 1. The second-order valence-electron chi connectivity index (χ2n) is 5.16. The maximum atomic E-state index is 5.26. The van der Waals surface area contributed by atoms with Crippen molar-refractivity contribution in [1.29, 1.82) is 0 Å². The molecule has 0 bridgehead atoms. The molecule has 2 rings (SSSR count). The topological polar surface area (TPSA) is 37.4 Å². The van der Waals surface area contributed by atoms with Gasteiger partial charge in [-0.25, -0.2) is 0 Å². The van der Waals surface area contributed by atoms with Crippen molar-refractivity contribution in [3.05, 3.63) is 53.9 Å². The summed E-state index contributed by atoms with van der Waals surface area (Å²) in [5.41, 5.74) is 3.37. The third-order valence-electron chi connectivity index (χ3n) is 3.64. The molecule has 4 heteroatoms. The zero-order chi connectivity index (χ0) is 15.2. The molecule has 0 amide bonds. The number of benzene rings is 1. The Morgan fingerprint density at radius 3 is 2.71 bits per heavy atom. The smallest absolute Gasteiger partial charge is 0.119 e. The van der Waals surface area contributed by atoms with E-state index in [-0.39, 0.29) is 6.04 Å². The van der Waals surface area contributed by atoms with Gasteiger partial charge in [-0.2, -0.15) is 0 Å². The molecule has 0 aliphatic carbocycles. The molecule has 1 atom stereocenters. The van der Waals surface area contributed by atoms with Gasteiger partial charge in [-0.15, -0.1) is 0 Å². The van der Waals surface area contributed by atoms with Crippen LogP contribution in [0.4, 0.5) is 5.69 Å². The minimum absolute atomic E-state index is 0.266. The van der Waals surface area contributed by atoms with Gasteiger partial charge in [0.1, 0.15) is 5.75 Å². The van der Waals surface area contributed by atoms with Crippen molar-refractivity contribution in [2.45, 2.75) is 19.5 Å². The summed E-state index contributed by atoms with van der Waals surface area (Å²) in [6, 6.07) is 12.6. The highest BCUT2D eigenvalue weighted by Gasteiger charge is 2.07. The predicted molar refractivity (Wildman–Crippen MR) is 86.8 cm³/mol. The van der Waals surface area contributed by atoms with Crippen LogP contribution in [-0.4, -0.2) is 26.2 Å². The van der Waals surface area contributed by atoms with Crippen molar-refractivity contribution < 1.29 is 4.74 Å². The second kappa shape index (κ2) is 7.09. The van der Waals surface area contributed by atoms with Gasteiger partial charge in [0.15, 0.2) is 0 Å². The fourth-order valence-corrected chi connectivity index (χ4v) is 2.16. The Bertz CT molecular complexity index is 569. The van der Waals surface area contributed by atoms with Crippen molar-refractivity contribution in [2.24, 2.45) is 0 Å². The highest BCUT2D eigenvalue weighted by atomic mass is 16.5. The maximum absolute atomic E-state index is 5.26. The normalized spacial score (nSPS) is 12.0. The summed E-state index contributed by atoms with van der Waals surface area (Å²) in [5.74, 6) is 0.886. The zero-order valence-corrected chi connectivity index (χ0v) is 13.1.